The predicted octanol–water partition coefficient (Wildman–Crippen LogP) is 4.59. The van der Waals surface area contributed by atoms with Crippen LogP contribution in [0.2, 0.25) is 15.2 Å². The van der Waals surface area contributed by atoms with E-state index in [9.17, 15) is 0 Å². The lowest BCUT2D eigenvalue weighted by atomic mass is 10.4. The third-order valence-corrected chi connectivity index (χ3v) is 3.51. The molecule has 0 radical (unpaired) electrons. The minimum atomic E-state index is 0.366. The monoisotopic (exact) mass is 290 g/mol. The third-order valence-electron chi connectivity index (χ3n) is 1.70. The first-order valence-electron chi connectivity index (χ1n) is 4.25. The summed E-state index contributed by atoms with van der Waals surface area (Å²) in [6, 6.07) is 5.38. The Labute approximate surface area is 112 Å². The first-order valence-corrected chi connectivity index (χ1v) is 6.20. The van der Waals surface area contributed by atoms with Crippen molar-refractivity contribution >= 4 is 46.6 Å². The predicted molar refractivity (Wildman–Crippen MR) is 67.6 cm³/mol. The van der Waals surface area contributed by atoms with E-state index in [4.69, 9.17) is 34.8 Å². The van der Waals surface area contributed by atoms with Gasteiger partial charge < -0.3 is 0 Å². The summed E-state index contributed by atoms with van der Waals surface area (Å²) in [6.45, 7) is 0. The Bertz CT molecular complexity index is 519. The topological polar surface area (TPSA) is 25.8 Å². The summed E-state index contributed by atoms with van der Waals surface area (Å²) in [5, 5.41) is 2.13. The molecular weight excluding hydrogens is 287 g/mol. The van der Waals surface area contributed by atoms with Gasteiger partial charge in [0, 0.05) is 4.90 Å². The molecule has 1 aromatic carbocycles. The van der Waals surface area contributed by atoms with Gasteiger partial charge in [0.2, 0.25) is 0 Å². The highest BCUT2D eigenvalue weighted by Gasteiger charge is 2.03. The van der Waals surface area contributed by atoms with Gasteiger partial charge >= 0.3 is 0 Å². The Morgan fingerprint density at radius 3 is 2.50 bits per heavy atom. The van der Waals surface area contributed by atoms with Crippen molar-refractivity contribution in [1.82, 2.24) is 9.97 Å². The quantitative estimate of drug-likeness (QED) is 0.809. The summed E-state index contributed by atoms with van der Waals surface area (Å²) in [4.78, 5) is 8.99. The fourth-order valence-electron chi connectivity index (χ4n) is 1.04. The Hall–Kier alpha value is -0.480. The maximum absolute atomic E-state index is 5.90. The van der Waals surface area contributed by atoms with Gasteiger partial charge in [0.1, 0.15) is 10.2 Å². The van der Waals surface area contributed by atoms with E-state index in [0.717, 1.165) is 4.90 Å². The fraction of sp³-hybridized carbons (Fsp3) is 0. The van der Waals surface area contributed by atoms with Crippen LogP contribution >= 0.6 is 46.6 Å². The van der Waals surface area contributed by atoms with E-state index < -0.39 is 0 Å². The normalized spacial score (nSPS) is 10.4. The largest absolute Gasteiger partial charge is 0.259 e. The number of rotatable bonds is 2. The highest BCUT2D eigenvalue weighted by atomic mass is 35.5. The summed E-state index contributed by atoms with van der Waals surface area (Å²) in [5.41, 5.74) is 0. The number of nitrogens with zero attached hydrogens (tertiary/aromatic N) is 2. The van der Waals surface area contributed by atoms with Crippen molar-refractivity contribution in [2.75, 3.05) is 0 Å². The van der Waals surface area contributed by atoms with Gasteiger partial charge in [0.15, 0.2) is 0 Å². The van der Waals surface area contributed by atoms with Gasteiger partial charge in [-0.3, -0.25) is 4.98 Å². The minimum Gasteiger partial charge on any atom is -0.259 e. The molecule has 1 heterocycles. The van der Waals surface area contributed by atoms with Crippen molar-refractivity contribution in [3.8, 4) is 0 Å². The van der Waals surface area contributed by atoms with E-state index in [1.54, 1.807) is 18.3 Å². The molecule has 1 aromatic heterocycles. The summed E-state index contributed by atoms with van der Waals surface area (Å²) in [6.07, 6.45) is 3.12. The van der Waals surface area contributed by atoms with Crippen molar-refractivity contribution in [3.05, 3.63) is 45.8 Å². The summed E-state index contributed by atoms with van der Waals surface area (Å²) >= 11 is 18.9. The van der Waals surface area contributed by atoms with Crippen LogP contribution in [0.1, 0.15) is 0 Å². The molecule has 0 aliphatic rings. The van der Waals surface area contributed by atoms with Crippen LogP contribution in [0.4, 0.5) is 0 Å². The fourth-order valence-corrected chi connectivity index (χ4v) is 2.41. The van der Waals surface area contributed by atoms with E-state index in [2.05, 4.69) is 9.97 Å². The maximum atomic E-state index is 5.90. The molecule has 2 aromatic rings. The van der Waals surface area contributed by atoms with Crippen LogP contribution < -0.4 is 0 Å². The molecule has 0 unspecified atom stereocenters. The standard InChI is InChI=1S/C10H5Cl3N2S/c11-7-2-1-6(3-8(7)12)16-10-5-14-4-9(13)15-10/h1-5H. The van der Waals surface area contributed by atoms with E-state index in [1.807, 2.05) is 6.07 Å². The summed E-state index contributed by atoms with van der Waals surface area (Å²) in [7, 11) is 0. The molecule has 2 rings (SSSR count). The first kappa shape index (κ1) is 12.0. The highest BCUT2D eigenvalue weighted by molar-refractivity contribution is 7.99. The Morgan fingerprint density at radius 1 is 1.00 bits per heavy atom. The number of hydrogen-bond acceptors (Lipinski definition) is 3. The summed E-state index contributed by atoms with van der Waals surface area (Å²) < 4.78 is 0. The highest BCUT2D eigenvalue weighted by Crippen LogP contribution is 2.31. The second kappa shape index (κ2) is 5.23. The van der Waals surface area contributed by atoms with Crippen molar-refractivity contribution in [1.29, 1.82) is 0 Å². The van der Waals surface area contributed by atoms with Gasteiger partial charge in [0.05, 0.1) is 22.4 Å². The van der Waals surface area contributed by atoms with Crippen molar-refractivity contribution < 1.29 is 0 Å². The van der Waals surface area contributed by atoms with Crippen LogP contribution in [0.5, 0.6) is 0 Å². The van der Waals surface area contributed by atoms with Crippen LogP contribution in [0, 0.1) is 0 Å². The van der Waals surface area contributed by atoms with Crippen molar-refractivity contribution in [2.24, 2.45) is 0 Å². The third kappa shape index (κ3) is 3.01. The molecule has 0 spiro atoms. The van der Waals surface area contributed by atoms with E-state index >= 15 is 0 Å². The zero-order valence-electron chi connectivity index (χ0n) is 7.82. The molecule has 0 atom stereocenters. The zero-order chi connectivity index (χ0) is 11.5. The SMILES string of the molecule is Clc1cncc(Sc2ccc(Cl)c(Cl)c2)n1. The van der Waals surface area contributed by atoms with Crippen molar-refractivity contribution in [2.45, 2.75) is 9.92 Å². The number of aromatic nitrogens is 2. The number of benzene rings is 1. The lowest BCUT2D eigenvalue weighted by molar-refractivity contribution is 1.06. The second-order valence-corrected chi connectivity index (χ2v) is 5.15. The van der Waals surface area contributed by atoms with Gasteiger partial charge in [-0.15, -0.1) is 0 Å². The molecule has 0 amide bonds. The van der Waals surface area contributed by atoms with Gasteiger partial charge in [0.25, 0.3) is 0 Å². The molecular formula is C10H5Cl3N2S. The number of halogens is 3. The molecule has 2 nitrogen and oxygen atoms in total. The average Bonchev–Trinajstić information content (AvgIpc) is 2.24. The van der Waals surface area contributed by atoms with Gasteiger partial charge in [-0.05, 0) is 18.2 Å². The molecule has 0 aliphatic carbocycles. The van der Waals surface area contributed by atoms with Crippen LogP contribution in [0.15, 0.2) is 40.5 Å². The Kier molecular flexibility index (Phi) is 3.92. The minimum absolute atomic E-state index is 0.366. The molecule has 0 bridgehead atoms. The van der Waals surface area contributed by atoms with E-state index in [1.165, 1.54) is 18.0 Å². The smallest absolute Gasteiger partial charge is 0.148 e. The summed E-state index contributed by atoms with van der Waals surface area (Å²) in [5.74, 6) is 0. The van der Waals surface area contributed by atoms with Crippen LogP contribution in [-0.4, -0.2) is 9.97 Å². The first-order chi connectivity index (χ1) is 7.65. The van der Waals surface area contributed by atoms with Gasteiger partial charge in [-0.1, -0.05) is 46.6 Å². The molecule has 0 fully saturated rings. The molecule has 16 heavy (non-hydrogen) atoms. The zero-order valence-corrected chi connectivity index (χ0v) is 10.9. The molecule has 82 valence electrons. The van der Waals surface area contributed by atoms with Gasteiger partial charge in [-0.2, -0.15) is 0 Å². The van der Waals surface area contributed by atoms with Crippen LogP contribution in [0.3, 0.4) is 0 Å². The Balaban J connectivity index is 2.24. The van der Waals surface area contributed by atoms with Gasteiger partial charge in [-0.25, -0.2) is 4.98 Å². The average molecular weight is 292 g/mol. The van der Waals surface area contributed by atoms with E-state index in [-0.39, 0.29) is 0 Å². The lowest BCUT2D eigenvalue weighted by Crippen LogP contribution is -1.83. The maximum Gasteiger partial charge on any atom is 0.148 e. The van der Waals surface area contributed by atoms with E-state index in [0.29, 0.717) is 20.2 Å². The van der Waals surface area contributed by atoms with Crippen molar-refractivity contribution in [3.63, 3.8) is 0 Å². The van der Waals surface area contributed by atoms with Crippen LogP contribution in [0.25, 0.3) is 0 Å². The second-order valence-electron chi connectivity index (χ2n) is 2.86. The molecule has 6 heteroatoms. The number of hydrogen-bond donors (Lipinski definition) is 0. The lowest BCUT2D eigenvalue weighted by Gasteiger charge is -2.02. The molecule has 0 saturated heterocycles. The molecule has 0 N–H and O–H groups in total. The van der Waals surface area contributed by atoms with Crippen LogP contribution in [-0.2, 0) is 0 Å². The molecule has 0 aliphatic heterocycles. The Morgan fingerprint density at radius 2 is 1.81 bits per heavy atom. The molecule has 0 saturated carbocycles.